The second-order valence-electron chi connectivity index (χ2n) is 1.89. The molecule has 0 amide bonds. The minimum Gasteiger partial charge on any atom is -2.00 e. The van der Waals surface area contributed by atoms with Crippen LogP contribution in [0.1, 0.15) is 32.6 Å². The smallest absolute Gasteiger partial charge is 2.00 e. The molecule has 0 radical (unpaired) electrons. The van der Waals surface area contributed by atoms with Gasteiger partial charge in [0.25, 0.3) is 0 Å². The summed E-state index contributed by atoms with van der Waals surface area (Å²) in [7, 11) is 2.00. The van der Waals surface area contributed by atoms with Crippen LogP contribution in [0.3, 0.4) is 0 Å². The van der Waals surface area contributed by atoms with E-state index in [1.165, 1.54) is 31.7 Å². The second kappa shape index (κ2) is 38.8. The molecule has 0 aliphatic carbocycles. The quantitative estimate of drug-likeness (QED) is 0.558. The Kier molecular flexibility index (Phi) is 87.1. The van der Waals surface area contributed by atoms with Crippen molar-refractivity contribution >= 4 is 19.5 Å². The molecule has 0 saturated heterocycles. The third-order valence-corrected chi connectivity index (χ3v) is 1.38. The zero-order valence-corrected chi connectivity index (χ0v) is 11.2. The van der Waals surface area contributed by atoms with Crippen LogP contribution in [0.25, 0.3) is 0 Å². The van der Waals surface area contributed by atoms with Crippen molar-refractivity contribution in [2.24, 2.45) is 0 Å². The summed E-state index contributed by atoms with van der Waals surface area (Å²) in [5.74, 6) is 0. The van der Waals surface area contributed by atoms with Crippen LogP contribution >= 0.6 is 0 Å². The normalized spacial score (nSPS) is 5.77. The molecule has 0 aliphatic rings. The van der Waals surface area contributed by atoms with E-state index in [2.05, 4.69) is 17.2 Å². The molecule has 0 aliphatic heterocycles. The monoisotopic (exact) mass is 253 g/mol. The van der Waals surface area contributed by atoms with Gasteiger partial charge >= 0.3 is 79.9 Å². The van der Waals surface area contributed by atoms with Gasteiger partial charge in [0.1, 0.15) is 0 Å². The molecular formula is C6H13O4Si2Ti+3. The summed E-state index contributed by atoms with van der Waals surface area (Å²) in [6.45, 7) is 2.23. The van der Waals surface area contributed by atoms with Gasteiger partial charge in [-0.2, -0.15) is 0 Å². The van der Waals surface area contributed by atoms with Crippen LogP contribution in [-0.4, -0.2) is 19.5 Å². The average molecular weight is 253 g/mol. The third-order valence-electron chi connectivity index (χ3n) is 1.03. The Bertz CT molecular complexity index is 84.7. The molecule has 7 heteroatoms. The Morgan fingerprint density at radius 2 is 1.46 bits per heavy atom. The zero-order chi connectivity index (χ0) is 8.24. The first-order chi connectivity index (χ1) is 4.83. The maximum Gasteiger partial charge on any atom is 4.00 e. The van der Waals surface area contributed by atoms with Gasteiger partial charge in [-0.1, -0.05) is 0 Å². The van der Waals surface area contributed by atoms with Crippen LogP contribution in [0.4, 0.5) is 0 Å². The van der Waals surface area contributed by atoms with E-state index in [1.807, 2.05) is 0 Å². The summed E-state index contributed by atoms with van der Waals surface area (Å²) in [4.78, 5) is 0. The summed E-state index contributed by atoms with van der Waals surface area (Å²) in [5.41, 5.74) is 0. The molecular weight excluding hydrogens is 240 g/mol. The molecule has 0 N–H and O–H groups in total. The number of unbranched alkanes of at least 4 members (excludes halogenated alkanes) is 3. The van der Waals surface area contributed by atoms with Gasteiger partial charge in [0.2, 0.25) is 0 Å². The molecule has 0 unspecified atom stereocenters. The first kappa shape index (κ1) is 29.2. The SMILES string of the molecule is CCCCCC[Si+3].O=[Si]=O.[O-2].[O-2].[Ti+4]. The Labute approximate surface area is 99.7 Å². The van der Waals surface area contributed by atoms with E-state index in [9.17, 15) is 0 Å². The van der Waals surface area contributed by atoms with Crippen molar-refractivity contribution in [1.82, 2.24) is 0 Å². The first-order valence-electron chi connectivity index (χ1n) is 3.47. The maximum atomic E-state index is 8.40. The number of rotatable bonds is 4. The van der Waals surface area contributed by atoms with Crippen LogP contribution < -0.4 is 0 Å². The van der Waals surface area contributed by atoms with E-state index < -0.39 is 9.29 Å². The molecule has 0 spiro atoms. The molecule has 0 aromatic carbocycles. The Morgan fingerprint density at radius 1 is 1.08 bits per heavy atom. The fourth-order valence-corrected chi connectivity index (χ4v) is 0.802. The summed E-state index contributed by atoms with van der Waals surface area (Å²) in [5, 5.41) is 0. The summed E-state index contributed by atoms with van der Waals surface area (Å²) in [6.07, 6.45) is 5.46. The predicted molar refractivity (Wildman–Crippen MR) is 43.2 cm³/mol. The van der Waals surface area contributed by atoms with Crippen molar-refractivity contribution < 1.29 is 41.6 Å². The molecule has 0 bridgehead atoms. The van der Waals surface area contributed by atoms with Gasteiger partial charge in [-0.15, -0.1) is 0 Å². The molecule has 0 fully saturated rings. The molecule has 0 aromatic heterocycles. The van der Waals surface area contributed by atoms with Gasteiger partial charge in [-0.05, 0) is 0 Å². The van der Waals surface area contributed by atoms with Crippen LogP contribution in [-0.2, 0) is 41.6 Å². The summed E-state index contributed by atoms with van der Waals surface area (Å²) in [6, 6.07) is 1.17. The predicted octanol–water partition coefficient (Wildman–Crippen LogP) is 1.29. The van der Waals surface area contributed by atoms with Gasteiger partial charge < -0.3 is 11.0 Å². The minimum absolute atomic E-state index is 0. The topological polar surface area (TPSA) is 91.1 Å². The van der Waals surface area contributed by atoms with Crippen molar-refractivity contribution in [3.63, 3.8) is 0 Å². The number of hydrogen-bond donors (Lipinski definition) is 0. The van der Waals surface area contributed by atoms with Gasteiger partial charge in [0.05, 0.1) is 0 Å². The van der Waals surface area contributed by atoms with E-state index in [0.29, 0.717) is 0 Å². The van der Waals surface area contributed by atoms with Crippen molar-refractivity contribution in [2.75, 3.05) is 0 Å². The van der Waals surface area contributed by atoms with E-state index in [1.54, 1.807) is 0 Å². The molecule has 0 heterocycles. The van der Waals surface area contributed by atoms with Crippen LogP contribution in [0.2, 0.25) is 6.04 Å². The van der Waals surface area contributed by atoms with Crippen LogP contribution in [0.15, 0.2) is 0 Å². The average Bonchev–Trinajstić information content (AvgIpc) is 1.91. The van der Waals surface area contributed by atoms with E-state index >= 15 is 0 Å². The van der Waals surface area contributed by atoms with Gasteiger partial charge in [0.15, 0.2) is 0 Å². The fraction of sp³-hybridized carbons (Fsp3) is 1.00. The first-order valence-corrected chi connectivity index (χ1v) is 4.99. The fourth-order valence-electron chi connectivity index (χ4n) is 0.552. The van der Waals surface area contributed by atoms with Gasteiger partial charge in [-0.3, -0.25) is 8.92 Å². The third kappa shape index (κ3) is 66.2. The summed E-state index contributed by atoms with van der Waals surface area (Å²) >= 11 is 0. The van der Waals surface area contributed by atoms with Crippen molar-refractivity contribution in [3.05, 3.63) is 0 Å². The minimum atomic E-state index is -1.42. The molecule has 70 valence electrons. The number of hydrogen-bond acceptors (Lipinski definition) is 2. The Morgan fingerprint density at radius 3 is 1.69 bits per heavy atom. The Balaban J connectivity index is -0.0000000320. The van der Waals surface area contributed by atoms with Crippen LogP contribution in [0.5, 0.6) is 0 Å². The van der Waals surface area contributed by atoms with Gasteiger partial charge in [-0.25, -0.2) is 0 Å². The van der Waals surface area contributed by atoms with Gasteiger partial charge in [0, 0.05) is 0 Å². The van der Waals surface area contributed by atoms with Crippen molar-refractivity contribution in [1.29, 1.82) is 0 Å². The van der Waals surface area contributed by atoms with E-state index in [-0.39, 0.29) is 32.7 Å². The van der Waals surface area contributed by atoms with E-state index in [0.717, 1.165) is 0 Å². The van der Waals surface area contributed by atoms with Crippen LogP contribution in [0, 0.1) is 0 Å². The molecule has 0 atom stereocenters. The summed E-state index contributed by atoms with van der Waals surface area (Å²) < 4.78 is 16.8. The standard InChI is InChI=1S/C6H13Si.O2Si.2O.Ti/c1-2-3-4-5-6-7;1-3-2;;;/h2-6H2,1H3;;;;/q+3;;2*-2;+4. The second-order valence-corrected chi connectivity index (χ2v) is 2.56. The largest absolute Gasteiger partial charge is 4.00 e. The zero-order valence-electron chi connectivity index (χ0n) is 7.67. The molecule has 0 saturated carbocycles. The molecule has 13 heavy (non-hydrogen) atoms. The van der Waals surface area contributed by atoms with E-state index in [4.69, 9.17) is 8.92 Å². The molecule has 0 rings (SSSR count). The van der Waals surface area contributed by atoms with Crippen molar-refractivity contribution in [3.8, 4) is 0 Å². The Hall–Kier alpha value is 0.668. The molecule has 0 aromatic rings. The maximum absolute atomic E-state index is 8.40. The molecule has 4 nitrogen and oxygen atoms in total. The van der Waals surface area contributed by atoms with Crippen molar-refractivity contribution in [2.45, 2.75) is 38.7 Å².